The molecule has 108 valence electrons. The lowest BCUT2D eigenvalue weighted by Gasteiger charge is -2.25. The van der Waals surface area contributed by atoms with Gasteiger partial charge in [0.15, 0.2) is 5.82 Å². The van der Waals surface area contributed by atoms with E-state index in [1.54, 1.807) is 23.7 Å². The van der Waals surface area contributed by atoms with E-state index in [1.165, 1.54) is 0 Å². The third-order valence-corrected chi connectivity index (χ3v) is 3.08. The summed E-state index contributed by atoms with van der Waals surface area (Å²) >= 11 is 0. The third kappa shape index (κ3) is 3.39. The molecule has 19 heavy (non-hydrogen) atoms. The second-order valence-corrected chi connectivity index (χ2v) is 4.87. The fourth-order valence-corrected chi connectivity index (χ4v) is 2.06. The minimum atomic E-state index is 0.0621. The Morgan fingerprint density at radius 2 is 2.00 bits per heavy atom. The van der Waals surface area contributed by atoms with Gasteiger partial charge in [0.05, 0.1) is 17.9 Å². The summed E-state index contributed by atoms with van der Waals surface area (Å²) in [7, 11) is 5.39. The second-order valence-electron chi connectivity index (χ2n) is 4.87. The van der Waals surface area contributed by atoms with E-state index in [0.29, 0.717) is 12.2 Å². The monoisotopic (exact) mass is 267 g/mol. The molecule has 1 rings (SSSR count). The van der Waals surface area contributed by atoms with Crippen LogP contribution in [0, 0.1) is 0 Å². The molecule has 0 bridgehead atoms. The number of hydrogen-bond acceptors (Lipinski definition) is 4. The van der Waals surface area contributed by atoms with Crippen molar-refractivity contribution in [3.8, 4) is 0 Å². The molecule has 6 heteroatoms. The van der Waals surface area contributed by atoms with Crippen molar-refractivity contribution in [2.75, 3.05) is 37.8 Å². The number of amides is 1. The standard InChI is InChI=1S/C13H25N5O/c1-6-8-18(9-11(19)16(3)4)13-12(14)10(7-2)15-17(13)5/h6-9,14H2,1-5H3. The van der Waals surface area contributed by atoms with Gasteiger partial charge in [0, 0.05) is 27.7 Å². The van der Waals surface area contributed by atoms with Gasteiger partial charge >= 0.3 is 0 Å². The topological polar surface area (TPSA) is 67.4 Å². The number of aryl methyl sites for hydroxylation is 2. The van der Waals surface area contributed by atoms with Crippen LogP contribution in [0.15, 0.2) is 0 Å². The number of nitrogens with two attached hydrogens (primary N) is 1. The molecule has 0 unspecified atom stereocenters. The van der Waals surface area contributed by atoms with Crippen LogP contribution >= 0.6 is 0 Å². The van der Waals surface area contributed by atoms with Crippen molar-refractivity contribution in [1.29, 1.82) is 0 Å². The van der Waals surface area contributed by atoms with E-state index in [1.807, 2.05) is 18.9 Å². The molecule has 0 aromatic carbocycles. The van der Waals surface area contributed by atoms with Crippen LogP contribution in [0.5, 0.6) is 0 Å². The number of nitrogen functional groups attached to an aromatic ring is 1. The molecular weight excluding hydrogens is 242 g/mol. The molecule has 1 heterocycles. The molecule has 0 aliphatic carbocycles. The van der Waals surface area contributed by atoms with Crippen LogP contribution in [-0.4, -0.2) is 47.8 Å². The summed E-state index contributed by atoms with van der Waals surface area (Å²) in [5.41, 5.74) is 7.72. The molecule has 2 N–H and O–H groups in total. The van der Waals surface area contributed by atoms with Crippen molar-refractivity contribution < 1.29 is 4.79 Å². The lowest BCUT2D eigenvalue weighted by atomic mass is 10.2. The predicted molar refractivity (Wildman–Crippen MR) is 78.2 cm³/mol. The van der Waals surface area contributed by atoms with Crippen LogP contribution < -0.4 is 10.6 Å². The highest BCUT2D eigenvalue weighted by Gasteiger charge is 2.20. The number of anilines is 2. The molecule has 0 saturated carbocycles. The minimum absolute atomic E-state index is 0.0621. The number of carbonyl (C=O) groups excluding carboxylic acids is 1. The molecule has 1 aromatic rings. The highest BCUT2D eigenvalue weighted by Crippen LogP contribution is 2.26. The molecule has 0 radical (unpaired) electrons. The number of hydrogen-bond donors (Lipinski definition) is 1. The first kappa shape index (κ1) is 15.3. The average Bonchev–Trinajstić information content (AvgIpc) is 2.63. The Balaban J connectivity index is 3.05. The Kier molecular flexibility index (Phi) is 5.20. The fraction of sp³-hybridized carbons (Fsp3) is 0.692. The van der Waals surface area contributed by atoms with E-state index in [4.69, 9.17) is 5.73 Å². The summed E-state index contributed by atoms with van der Waals surface area (Å²) in [5, 5.41) is 4.41. The number of nitrogens with zero attached hydrogens (tertiary/aromatic N) is 4. The summed E-state index contributed by atoms with van der Waals surface area (Å²) in [6.45, 7) is 5.22. The Bertz CT molecular complexity index is 438. The van der Waals surface area contributed by atoms with E-state index in [2.05, 4.69) is 12.0 Å². The van der Waals surface area contributed by atoms with Crippen molar-refractivity contribution in [3.63, 3.8) is 0 Å². The number of aromatic nitrogens is 2. The molecule has 1 aromatic heterocycles. The molecule has 6 nitrogen and oxygen atoms in total. The Hall–Kier alpha value is -1.72. The Morgan fingerprint density at radius 1 is 1.37 bits per heavy atom. The van der Waals surface area contributed by atoms with Gasteiger partial charge < -0.3 is 15.5 Å². The maximum atomic E-state index is 11.9. The number of rotatable bonds is 6. The molecule has 0 saturated heterocycles. The van der Waals surface area contributed by atoms with Crippen LogP contribution in [0.25, 0.3) is 0 Å². The Morgan fingerprint density at radius 3 is 2.42 bits per heavy atom. The van der Waals surface area contributed by atoms with E-state index in [9.17, 15) is 4.79 Å². The SMILES string of the molecule is CCCN(CC(=O)N(C)C)c1c(N)c(CC)nn1C. The van der Waals surface area contributed by atoms with E-state index < -0.39 is 0 Å². The van der Waals surface area contributed by atoms with E-state index in [-0.39, 0.29) is 5.91 Å². The van der Waals surface area contributed by atoms with Crippen molar-refractivity contribution in [2.24, 2.45) is 7.05 Å². The van der Waals surface area contributed by atoms with Gasteiger partial charge in [-0.05, 0) is 12.8 Å². The van der Waals surface area contributed by atoms with Gasteiger partial charge in [0.1, 0.15) is 0 Å². The van der Waals surface area contributed by atoms with Gasteiger partial charge in [-0.2, -0.15) is 5.10 Å². The lowest BCUT2D eigenvalue weighted by Crippen LogP contribution is -2.38. The normalized spacial score (nSPS) is 10.6. The van der Waals surface area contributed by atoms with Crippen LogP contribution in [0.4, 0.5) is 11.5 Å². The summed E-state index contributed by atoms with van der Waals surface area (Å²) in [6.07, 6.45) is 1.74. The molecule has 0 fully saturated rings. The maximum Gasteiger partial charge on any atom is 0.241 e. The summed E-state index contributed by atoms with van der Waals surface area (Å²) in [4.78, 5) is 15.5. The molecule has 0 aliphatic rings. The summed E-state index contributed by atoms with van der Waals surface area (Å²) < 4.78 is 1.77. The molecular formula is C13H25N5O. The zero-order chi connectivity index (χ0) is 14.6. The van der Waals surface area contributed by atoms with E-state index in [0.717, 1.165) is 30.9 Å². The van der Waals surface area contributed by atoms with Crippen molar-refractivity contribution >= 4 is 17.4 Å². The average molecular weight is 267 g/mol. The fourth-order valence-electron chi connectivity index (χ4n) is 2.06. The van der Waals surface area contributed by atoms with Crippen LogP contribution in [0.1, 0.15) is 26.0 Å². The predicted octanol–water partition coefficient (Wildman–Crippen LogP) is 0.869. The largest absolute Gasteiger partial charge is 0.394 e. The first-order valence-electron chi connectivity index (χ1n) is 6.68. The third-order valence-electron chi connectivity index (χ3n) is 3.08. The minimum Gasteiger partial charge on any atom is -0.394 e. The molecule has 0 spiro atoms. The highest BCUT2D eigenvalue weighted by atomic mass is 16.2. The van der Waals surface area contributed by atoms with Gasteiger partial charge in [-0.3, -0.25) is 9.48 Å². The number of carbonyl (C=O) groups is 1. The zero-order valence-electron chi connectivity index (χ0n) is 12.6. The smallest absolute Gasteiger partial charge is 0.241 e. The van der Waals surface area contributed by atoms with Crippen molar-refractivity contribution in [3.05, 3.63) is 5.69 Å². The second kappa shape index (κ2) is 6.45. The zero-order valence-corrected chi connectivity index (χ0v) is 12.6. The molecule has 0 aliphatic heterocycles. The maximum absolute atomic E-state index is 11.9. The van der Waals surface area contributed by atoms with Crippen molar-refractivity contribution in [2.45, 2.75) is 26.7 Å². The molecule has 0 atom stereocenters. The van der Waals surface area contributed by atoms with Gasteiger partial charge in [0.2, 0.25) is 5.91 Å². The van der Waals surface area contributed by atoms with Crippen molar-refractivity contribution in [1.82, 2.24) is 14.7 Å². The summed E-state index contributed by atoms with van der Waals surface area (Å²) in [6, 6.07) is 0. The van der Waals surface area contributed by atoms with Gasteiger partial charge in [0.25, 0.3) is 0 Å². The van der Waals surface area contributed by atoms with Gasteiger partial charge in [-0.15, -0.1) is 0 Å². The molecule has 1 amide bonds. The number of likely N-dealkylation sites (N-methyl/N-ethyl adjacent to an activating group) is 1. The van der Waals surface area contributed by atoms with E-state index >= 15 is 0 Å². The van der Waals surface area contributed by atoms with Crippen LogP contribution in [-0.2, 0) is 18.3 Å². The highest BCUT2D eigenvalue weighted by molar-refractivity contribution is 5.82. The van der Waals surface area contributed by atoms with Crippen LogP contribution in [0.3, 0.4) is 0 Å². The quantitative estimate of drug-likeness (QED) is 0.830. The summed E-state index contributed by atoms with van der Waals surface area (Å²) in [5.74, 6) is 0.904. The van der Waals surface area contributed by atoms with Gasteiger partial charge in [-0.1, -0.05) is 13.8 Å². The first-order chi connectivity index (χ1) is 8.92. The Labute approximate surface area is 115 Å². The lowest BCUT2D eigenvalue weighted by molar-refractivity contribution is -0.127. The van der Waals surface area contributed by atoms with Gasteiger partial charge in [-0.25, -0.2) is 0 Å². The van der Waals surface area contributed by atoms with Crippen LogP contribution in [0.2, 0.25) is 0 Å². The first-order valence-corrected chi connectivity index (χ1v) is 6.68.